The topological polar surface area (TPSA) is 125 Å². The van der Waals surface area contributed by atoms with Gasteiger partial charge in [0.05, 0.1) is 25.5 Å². The van der Waals surface area contributed by atoms with Crippen LogP contribution < -0.4 is 15.9 Å². The summed E-state index contributed by atoms with van der Waals surface area (Å²) in [6, 6.07) is 8.15. The lowest BCUT2D eigenvalue weighted by Crippen LogP contribution is -2.17. The highest BCUT2D eigenvalue weighted by atomic mass is 16.5. The van der Waals surface area contributed by atoms with Gasteiger partial charge in [0.2, 0.25) is 5.43 Å². The molecule has 9 nitrogen and oxygen atoms in total. The molecule has 2 heterocycles. The number of rotatable bonds is 6. The van der Waals surface area contributed by atoms with Gasteiger partial charge in [-0.3, -0.25) is 9.48 Å². The molecule has 0 spiro atoms. The SMILES string of the molecule is NC(=O)Oc1cccc(Cc2nn(-c3cnn(CCO)c3)ccc2=O)c1. The van der Waals surface area contributed by atoms with Crippen LogP contribution in [-0.2, 0) is 13.0 Å². The lowest BCUT2D eigenvalue weighted by Gasteiger charge is -2.07. The summed E-state index contributed by atoms with van der Waals surface area (Å²) < 4.78 is 7.97. The van der Waals surface area contributed by atoms with Gasteiger partial charge in [0.15, 0.2) is 0 Å². The number of aliphatic hydroxyl groups is 1. The molecule has 0 atom stereocenters. The Labute approximate surface area is 148 Å². The van der Waals surface area contributed by atoms with Gasteiger partial charge in [-0.2, -0.15) is 10.2 Å². The fraction of sp³-hybridized carbons (Fsp3) is 0.176. The summed E-state index contributed by atoms with van der Waals surface area (Å²) in [6.07, 6.45) is 4.23. The predicted molar refractivity (Wildman–Crippen MR) is 92.2 cm³/mol. The average molecular weight is 355 g/mol. The van der Waals surface area contributed by atoms with Crippen molar-refractivity contribution in [3.63, 3.8) is 0 Å². The van der Waals surface area contributed by atoms with E-state index < -0.39 is 6.09 Å². The van der Waals surface area contributed by atoms with Gasteiger partial charge >= 0.3 is 6.09 Å². The summed E-state index contributed by atoms with van der Waals surface area (Å²) in [7, 11) is 0. The van der Waals surface area contributed by atoms with Crippen LogP contribution in [0.15, 0.2) is 53.7 Å². The van der Waals surface area contributed by atoms with Crippen molar-refractivity contribution < 1.29 is 14.6 Å². The normalized spacial score (nSPS) is 10.7. The van der Waals surface area contributed by atoms with Gasteiger partial charge in [-0.1, -0.05) is 12.1 Å². The second kappa shape index (κ2) is 7.62. The molecule has 9 heteroatoms. The maximum Gasteiger partial charge on any atom is 0.409 e. The van der Waals surface area contributed by atoms with Crippen LogP contribution in [0.3, 0.4) is 0 Å². The first-order chi connectivity index (χ1) is 12.5. The molecule has 3 rings (SSSR count). The van der Waals surface area contributed by atoms with Crippen LogP contribution in [0.1, 0.15) is 11.3 Å². The lowest BCUT2D eigenvalue weighted by molar-refractivity contribution is 0.211. The number of amides is 1. The molecule has 134 valence electrons. The van der Waals surface area contributed by atoms with E-state index in [1.54, 1.807) is 52.2 Å². The van der Waals surface area contributed by atoms with Crippen LogP contribution in [0.5, 0.6) is 5.75 Å². The number of ether oxygens (including phenoxy) is 1. The number of aromatic nitrogens is 4. The lowest BCUT2D eigenvalue weighted by atomic mass is 10.1. The van der Waals surface area contributed by atoms with Gasteiger partial charge in [-0.25, -0.2) is 9.48 Å². The third-order valence-corrected chi connectivity index (χ3v) is 3.58. The fourth-order valence-electron chi connectivity index (χ4n) is 2.44. The van der Waals surface area contributed by atoms with Gasteiger partial charge in [-0.15, -0.1) is 0 Å². The van der Waals surface area contributed by atoms with Crippen molar-refractivity contribution in [3.05, 3.63) is 70.4 Å². The monoisotopic (exact) mass is 355 g/mol. The molecule has 0 fully saturated rings. The number of nitrogens with two attached hydrogens (primary N) is 1. The van der Waals surface area contributed by atoms with Gasteiger partial charge in [-0.05, 0) is 17.7 Å². The highest BCUT2D eigenvalue weighted by Crippen LogP contribution is 2.15. The Bertz CT molecular complexity index is 979. The molecule has 3 N–H and O–H groups in total. The molecule has 0 aliphatic carbocycles. The van der Waals surface area contributed by atoms with Crippen LogP contribution >= 0.6 is 0 Å². The van der Waals surface area contributed by atoms with Crippen molar-refractivity contribution in [2.45, 2.75) is 13.0 Å². The molecule has 0 radical (unpaired) electrons. The molecule has 1 aromatic carbocycles. The largest absolute Gasteiger partial charge is 0.410 e. The van der Waals surface area contributed by atoms with E-state index >= 15 is 0 Å². The van der Waals surface area contributed by atoms with Crippen molar-refractivity contribution in [2.75, 3.05) is 6.61 Å². The van der Waals surface area contributed by atoms with E-state index in [-0.39, 0.29) is 18.5 Å². The zero-order chi connectivity index (χ0) is 18.5. The molecular weight excluding hydrogens is 338 g/mol. The zero-order valence-corrected chi connectivity index (χ0v) is 13.8. The molecule has 3 aromatic rings. The standard InChI is InChI=1S/C17H17N5O4/c18-17(25)26-14-3-1-2-12(8-14)9-15-16(24)4-5-22(20-15)13-10-19-21(11-13)6-7-23/h1-5,8,10-11,23H,6-7,9H2,(H2,18,25). The molecule has 0 saturated carbocycles. The molecular formula is C17H17N5O4. The summed E-state index contributed by atoms with van der Waals surface area (Å²) >= 11 is 0. The maximum absolute atomic E-state index is 12.1. The number of hydrogen-bond acceptors (Lipinski definition) is 6. The number of benzene rings is 1. The van der Waals surface area contributed by atoms with Gasteiger partial charge < -0.3 is 15.6 Å². The number of carbonyl (C=O) groups excluding carboxylic acids is 1. The third kappa shape index (κ3) is 4.14. The zero-order valence-electron chi connectivity index (χ0n) is 13.8. The van der Waals surface area contributed by atoms with Crippen LogP contribution in [0.25, 0.3) is 5.69 Å². The number of primary amides is 1. The number of carbonyl (C=O) groups is 1. The van der Waals surface area contributed by atoms with Crippen LogP contribution in [0.4, 0.5) is 4.79 Å². The molecule has 0 aliphatic heterocycles. The number of nitrogens with zero attached hydrogens (tertiary/aromatic N) is 4. The van der Waals surface area contributed by atoms with Crippen molar-refractivity contribution in [1.82, 2.24) is 19.6 Å². The van der Waals surface area contributed by atoms with E-state index in [2.05, 4.69) is 10.2 Å². The molecule has 1 amide bonds. The molecule has 26 heavy (non-hydrogen) atoms. The van der Waals surface area contributed by atoms with E-state index in [4.69, 9.17) is 15.6 Å². The minimum Gasteiger partial charge on any atom is -0.410 e. The van der Waals surface area contributed by atoms with Gasteiger partial charge in [0.1, 0.15) is 17.1 Å². The van der Waals surface area contributed by atoms with E-state index in [9.17, 15) is 9.59 Å². The van der Waals surface area contributed by atoms with E-state index in [1.807, 2.05) is 0 Å². The fourth-order valence-corrected chi connectivity index (χ4v) is 2.44. The highest BCUT2D eigenvalue weighted by Gasteiger charge is 2.08. The van der Waals surface area contributed by atoms with Crippen molar-refractivity contribution in [1.29, 1.82) is 0 Å². The molecule has 0 aliphatic rings. The summed E-state index contributed by atoms with van der Waals surface area (Å²) in [6.45, 7) is 0.355. The van der Waals surface area contributed by atoms with Crippen molar-refractivity contribution in [2.24, 2.45) is 5.73 Å². The van der Waals surface area contributed by atoms with Crippen molar-refractivity contribution >= 4 is 6.09 Å². The number of hydrogen-bond donors (Lipinski definition) is 2. The molecule has 0 unspecified atom stereocenters. The van der Waals surface area contributed by atoms with E-state index in [0.29, 0.717) is 23.7 Å². The first kappa shape index (κ1) is 17.4. The van der Waals surface area contributed by atoms with Gasteiger partial charge in [0.25, 0.3) is 0 Å². The maximum atomic E-state index is 12.1. The molecule has 0 bridgehead atoms. The average Bonchev–Trinajstić information content (AvgIpc) is 3.06. The Balaban J connectivity index is 1.86. The second-order valence-electron chi connectivity index (χ2n) is 5.50. The minimum absolute atomic E-state index is 0.0202. The highest BCUT2D eigenvalue weighted by molar-refractivity contribution is 5.68. The number of aliphatic hydroxyl groups excluding tert-OH is 1. The third-order valence-electron chi connectivity index (χ3n) is 3.58. The minimum atomic E-state index is -0.901. The Morgan fingerprint density at radius 1 is 1.31 bits per heavy atom. The van der Waals surface area contributed by atoms with Gasteiger partial charge in [0, 0.05) is 18.7 Å². The Morgan fingerprint density at radius 2 is 2.15 bits per heavy atom. The summed E-state index contributed by atoms with van der Waals surface area (Å²) in [5.74, 6) is 0.302. The van der Waals surface area contributed by atoms with E-state index in [1.165, 1.54) is 6.07 Å². The quantitative estimate of drug-likeness (QED) is 0.662. The Kier molecular flexibility index (Phi) is 5.09. The van der Waals surface area contributed by atoms with E-state index in [0.717, 1.165) is 5.56 Å². The van der Waals surface area contributed by atoms with Crippen LogP contribution in [0.2, 0.25) is 0 Å². The Morgan fingerprint density at radius 3 is 2.92 bits per heavy atom. The summed E-state index contributed by atoms with van der Waals surface area (Å²) in [5, 5.41) is 17.4. The molecule has 0 saturated heterocycles. The second-order valence-corrected chi connectivity index (χ2v) is 5.50. The first-order valence-electron chi connectivity index (χ1n) is 7.84. The predicted octanol–water partition coefficient (Wildman–Crippen LogP) is 0.470. The summed E-state index contributed by atoms with van der Waals surface area (Å²) in [5.41, 5.74) is 6.56. The van der Waals surface area contributed by atoms with Crippen LogP contribution in [0, 0.1) is 0 Å². The molecule has 2 aromatic heterocycles. The smallest absolute Gasteiger partial charge is 0.409 e. The Hall–Kier alpha value is -3.46. The summed E-state index contributed by atoms with van der Waals surface area (Å²) in [4.78, 5) is 23.0. The first-order valence-corrected chi connectivity index (χ1v) is 7.84. The van der Waals surface area contributed by atoms with Crippen LogP contribution in [-0.4, -0.2) is 37.4 Å². The van der Waals surface area contributed by atoms with Crippen molar-refractivity contribution in [3.8, 4) is 11.4 Å².